The Balaban J connectivity index is 2.03. The molecule has 4 rings (SSSR count). The van der Waals surface area contributed by atoms with E-state index < -0.39 is 0 Å². The summed E-state index contributed by atoms with van der Waals surface area (Å²) in [4.78, 5) is 8.53. The molecule has 5 nitrogen and oxygen atoms in total. The molecule has 0 saturated heterocycles. The van der Waals surface area contributed by atoms with Gasteiger partial charge in [0.25, 0.3) is 0 Å². The third-order valence-electron chi connectivity index (χ3n) is 3.74. The number of nitrogen functional groups attached to an aromatic ring is 1. The van der Waals surface area contributed by atoms with E-state index in [0.29, 0.717) is 5.65 Å². The van der Waals surface area contributed by atoms with Crippen LogP contribution >= 0.6 is 0 Å². The van der Waals surface area contributed by atoms with Crippen molar-refractivity contribution in [3.63, 3.8) is 0 Å². The largest absolute Gasteiger partial charge is 0.368 e. The lowest BCUT2D eigenvalue weighted by Gasteiger charge is -2.03. The Kier molecular flexibility index (Phi) is 3.05. The summed E-state index contributed by atoms with van der Waals surface area (Å²) in [5, 5.41) is 5.65. The van der Waals surface area contributed by atoms with Crippen LogP contribution in [-0.4, -0.2) is 19.7 Å². The summed E-state index contributed by atoms with van der Waals surface area (Å²) in [5.74, 6) is 0.242. The molecule has 0 fully saturated rings. The quantitative estimate of drug-likeness (QED) is 0.616. The van der Waals surface area contributed by atoms with Gasteiger partial charge in [-0.25, -0.2) is 9.67 Å². The molecule has 0 aliphatic rings. The van der Waals surface area contributed by atoms with E-state index in [1.54, 1.807) is 6.20 Å². The molecule has 5 heteroatoms. The SMILES string of the molecule is Cc1cccc(-n2nc(-c3ccccc3)c3cnc(N)nc32)c1. The van der Waals surface area contributed by atoms with Gasteiger partial charge in [-0.2, -0.15) is 10.1 Å². The maximum Gasteiger partial charge on any atom is 0.222 e. The van der Waals surface area contributed by atoms with Gasteiger partial charge in [0.1, 0.15) is 5.69 Å². The van der Waals surface area contributed by atoms with Crippen LogP contribution in [-0.2, 0) is 0 Å². The van der Waals surface area contributed by atoms with Crippen molar-refractivity contribution >= 4 is 17.0 Å². The molecule has 0 radical (unpaired) electrons. The molecule has 2 heterocycles. The van der Waals surface area contributed by atoms with Gasteiger partial charge in [-0.05, 0) is 24.6 Å². The van der Waals surface area contributed by atoms with Crippen LogP contribution in [0.4, 0.5) is 5.95 Å². The maximum absolute atomic E-state index is 5.79. The van der Waals surface area contributed by atoms with Gasteiger partial charge >= 0.3 is 0 Å². The third-order valence-corrected chi connectivity index (χ3v) is 3.74. The molecule has 2 aromatic heterocycles. The number of nitrogens with two attached hydrogens (primary N) is 1. The van der Waals surface area contributed by atoms with Gasteiger partial charge in [-0.15, -0.1) is 0 Å². The predicted octanol–water partition coefficient (Wildman–Crippen LogP) is 3.37. The molecule has 4 aromatic rings. The highest BCUT2D eigenvalue weighted by Crippen LogP contribution is 2.28. The fraction of sp³-hybridized carbons (Fsp3) is 0.0556. The van der Waals surface area contributed by atoms with Crippen LogP contribution in [0, 0.1) is 6.92 Å². The number of nitrogens with zero attached hydrogens (tertiary/aromatic N) is 4. The minimum absolute atomic E-state index is 0.242. The van der Waals surface area contributed by atoms with Gasteiger partial charge in [0.15, 0.2) is 5.65 Å². The van der Waals surface area contributed by atoms with Crippen molar-refractivity contribution in [1.29, 1.82) is 0 Å². The van der Waals surface area contributed by atoms with E-state index >= 15 is 0 Å². The van der Waals surface area contributed by atoms with E-state index in [0.717, 1.165) is 27.9 Å². The Morgan fingerprint density at radius 1 is 1.00 bits per heavy atom. The number of aryl methyl sites for hydroxylation is 1. The molecular formula is C18H15N5. The molecule has 0 spiro atoms. The van der Waals surface area contributed by atoms with Crippen LogP contribution < -0.4 is 5.73 Å². The molecule has 2 aromatic carbocycles. The molecule has 112 valence electrons. The molecule has 0 saturated carbocycles. The number of fused-ring (bicyclic) bond motifs is 1. The monoisotopic (exact) mass is 301 g/mol. The average molecular weight is 301 g/mol. The fourth-order valence-electron chi connectivity index (χ4n) is 2.66. The van der Waals surface area contributed by atoms with Crippen LogP contribution in [0.3, 0.4) is 0 Å². The summed E-state index contributed by atoms with van der Waals surface area (Å²) in [6, 6.07) is 18.2. The molecule has 0 amide bonds. The summed E-state index contributed by atoms with van der Waals surface area (Å²) in [6.07, 6.45) is 1.74. The smallest absolute Gasteiger partial charge is 0.222 e. The van der Waals surface area contributed by atoms with Gasteiger partial charge < -0.3 is 5.73 Å². The second kappa shape index (κ2) is 5.21. The summed E-state index contributed by atoms with van der Waals surface area (Å²) in [6.45, 7) is 2.05. The minimum Gasteiger partial charge on any atom is -0.368 e. The van der Waals surface area contributed by atoms with Crippen molar-refractivity contribution in [2.24, 2.45) is 0 Å². The Morgan fingerprint density at radius 3 is 2.61 bits per heavy atom. The van der Waals surface area contributed by atoms with Crippen LogP contribution in [0.15, 0.2) is 60.8 Å². The molecule has 0 unspecified atom stereocenters. The standard InChI is InChI=1S/C18H15N5/c1-12-6-5-9-14(10-12)23-17-15(11-20-18(19)21-17)16(22-23)13-7-3-2-4-8-13/h2-11H,1H3,(H2,19,20,21). The zero-order valence-electron chi connectivity index (χ0n) is 12.6. The molecule has 2 N–H and O–H groups in total. The van der Waals surface area contributed by atoms with Gasteiger partial charge in [0.05, 0.1) is 11.1 Å². The number of anilines is 1. The van der Waals surface area contributed by atoms with Crippen molar-refractivity contribution in [2.75, 3.05) is 5.73 Å². The first-order valence-corrected chi connectivity index (χ1v) is 7.36. The van der Waals surface area contributed by atoms with Gasteiger partial charge in [-0.3, -0.25) is 0 Å². The van der Waals surface area contributed by atoms with E-state index in [9.17, 15) is 0 Å². The van der Waals surface area contributed by atoms with Gasteiger partial charge in [0, 0.05) is 11.8 Å². The Bertz CT molecular complexity index is 989. The van der Waals surface area contributed by atoms with Crippen LogP contribution in [0.2, 0.25) is 0 Å². The second-order valence-electron chi connectivity index (χ2n) is 5.43. The van der Waals surface area contributed by atoms with Crippen LogP contribution in [0.1, 0.15) is 5.56 Å². The highest BCUT2D eigenvalue weighted by molar-refractivity contribution is 5.91. The van der Waals surface area contributed by atoms with Crippen molar-refractivity contribution in [1.82, 2.24) is 19.7 Å². The molecule has 0 atom stereocenters. The summed E-state index contributed by atoms with van der Waals surface area (Å²) in [7, 11) is 0. The normalized spacial score (nSPS) is 11.0. The lowest BCUT2D eigenvalue weighted by atomic mass is 10.1. The zero-order chi connectivity index (χ0) is 15.8. The van der Waals surface area contributed by atoms with Crippen molar-refractivity contribution < 1.29 is 0 Å². The first-order chi connectivity index (χ1) is 11.2. The number of hydrogen-bond acceptors (Lipinski definition) is 4. The Morgan fingerprint density at radius 2 is 1.83 bits per heavy atom. The van der Waals surface area contributed by atoms with Crippen LogP contribution in [0.25, 0.3) is 28.0 Å². The molecule has 0 aliphatic heterocycles. The summed E-state index contributed by atoms with van der Waals surface area (Å²) in [5.41, 5.74) is 10.5. The van der Waals surface area contributed by atoms with E-state index in [2.05, 4.69) is 29.0 Å². The minimum atomic E-state index is 0.242. The second-order valence-corrected chi connectivity index (χ2v) is 5.43. The highest BCUT2D eigenvalue weighted by Gasteiger charge is 2.15. The maximum atomic E-state index is 5.79. The summed E-state index contributed by atoms with van der Waals surface area (Å²) >= 11 is 0. The Hall–Kier alpha value is -3.21. The average Bonchev–Trinajstić information content (AvgIpc) is 2.94. The first-order valence-electron chi connectivity index (χ1n) is 7.36. The molecule has 0 aliphatic carbocycles. The van der Waals surface area contributed by atoms with E-state index in [-0.39, 0.29) is 5.95 Å². The van der Waals surface area contributed by atoms with Crippen molar-refractivity contribution in [2.45, 2.75) is 6.92 Å². The topological polar surface area (TPSA) is 69.6 Å². The number of rotatable bonds is 2. The number of hydrogen-bond donors (Lipinski definition) is 1. The third kappa shape index (κ3) is 2.32. The predicted molar refractivity (Wildman–Crippen MR) is 91.2 cm³/mol. The number of benzene rings is 2. The van der Waals surface area contributed by atoms with E-state index in [1.165, 1.54) is 0 Å². The van der Waals surface area contributed by atoms with Crippen molar-refractivity contribution in [3.05, 3.63) is 66.4 Å². The van der Waals surface area contributed by atoms with E-state index in [1.807, 2.05) is 47.1 Å². The van der Waals surface area contributed by atoms with E-state index in [4.69, 9.17) is 10.8 Å². The first kappa shape index (κ1) is 13.5. The van der Waals surface area contributed by atoms with Gasteiger partial charge in [-0.1, -0.05) is 42.5 Å². The van der Waals surface area contributed by atoms with Gasteiger partial charge in [0.2, 0.25) is 5.95 Å². The fourth-order valence-corrected chi connectivity index (χ4v) is 2.66. The molecule has 0 bridgehead atoms. The molecular weight excluding hydrogens is 286 g/mol. The zero-order valence-corrected chi connectivity index (χ0v) is 12.6. The Labute approximate surface area is 133 Å². The molecule has 23 heavy (non-hydrogen) atoms. The van der Waals surface area contributed by atoms with Crippen molar-refractivity contribution in [3.8, 4) is 16.9 Å². The van der Waals surface area contributed by atoms with Crippen LogP contribution in [0.5, 0.6) is 0 Å². The lowest BCUT2D eigenvalue weighted by Crippen LogP contribution is -2.00. The lowest BCUT2D eigenvalue weighted by molar-refractivity contribution is 0.898. The highest BCUT2D eigenvalue weighted by atomic mass is 15.3. The summed E-state index contributed by atoms with van der Waals surface area (Å²) < 4.78 is 1.82. The number of aromatic nitrogens is 4.